The molecule has 0 aromatic heterocycles. The van der Waals surface area contributed by atoms with Gasteiger partial charge in [-0.1, -0.05) is 0 Å². The Labute approximate surface area is 320 Å². The molecule has 2 rings (SSSR count). The van der Waals surface area contributed by atoms with Crippen molar-refractivity contribution in [3.8, 4) is 0 Å². The van der Waals surface area contributed by atoms with E-state index in [1.165, 1.54) is 0 Å². The van der Waals surface area contributed by atoms with Crippen LogP contribution in [0.25, 0.3) is 0 Å². The van der Waals surface area contributed by atoms with E-state index in [4.69, 9.17) is 0 Å². The van der Waals surface area contributed by atoms with Gasteiger partial charge < -0.3 is 0 Å². The van der Waals surface area contributed by atoms with Gasteiger partial charge in [0.15, 0.2) is 0 Å². The minimum atomic E-state index is -2.87. The van der Waals surface area contributed by atoms with E-state index in [1.807, 2.05) is 16.7 Å². The van der Waals surface area contributed by atoms with Gasteiger partial charge in [0.2, 0.25) is 0 Å². The first-order chi connectivity index (χ1) is 20.4. The summed E-state index contributed by atoms with van der Waals surface area (Å²) in [6.07, 6.45) is 0. The Morgan fingerprint density at radius 1 is 0.383 bits per heavy atom. The second-order valence-electron chi connectivity index (χ2n) is 23.7. The van der Waals surface area contributed by atoms with Crippen molar-refractivity contribution in [3.63, 3.8) is 0 Å². The monoisotopic (exact) mass is 912 g/mol. The predicted molar refractivity (Wildman–Crippen MR) is 261 cm³/mol. The molecule has 0 atom stereocenters. The van der Waals surface area contributed by atoms with E-state index in [-0.39, 0.29) is 0 Å². The molecule has 1 aliphatic rings. The van der Waals surface area contributed by atoms with Crippen molar-refractivity contribution < 1.29 is 0 Å². The van der Waals surface area contributed by atoms with Gasteiger partial charge in [-0.2, -0.15) is 0 Å². The van der Waals surface area contributed by atoms with Gasteiger partial charge in [-0.15, -0.1) is 0 Å². The van der Waals surface area contributed by atoms with Crippen molar-refractivity contribution in [3.05, 3.63) is 28.8 Å². The van der Waals surface area contributed by atoms with E-state index in [1.54, 1.807) is 0 Å². The van der Waals surface area contributed by atoms with E-state index in [9.17, 15) is 0 Å². The molecule has 0 aliphatic carbocycles. The molecule has 1 aliphatic heterocycles. The first-order valence-electron chi connectivity index (χ1n) is 18.3. The van der Waals surface area contributed by atoms with Gasteiger partial charge in [0.05, 0.1) is 0 Å². The second-order valence-corrected chi connectivity index (χ2v) is 95.2. The third kappa shape index (κ3) is 10.8. The topological polar surface area (TPSA) is 0 Å². The molecule has 1 saturated heterocycles. The molecule has 13 heteroatoms. The molecule has 1 aromatic carbocycles. The zero-order chi connectivity index (χ0) is 37.4. The van der Waals surface area contributed by atoms with E-state index in [0.29, 0.717) is 0 Å². The van der Waals surface area contributed by atoms with Crippen LogP contribution in [0.2, 0.25) is 161 Å². The quantitative estimate of drug-likeness (QED) is 0.143. The first kappa shape index (κ1) is 46.1. The van der Waals surface area contributed by atoms with Crippen LogP contribution in [-0.2, 0) is 0 Å². The van der Waals surface area contributed by atoms with Crippen LogP contribution >= 0.6 is 37.9 Å². The zero-order valence-corrected chi connectivity index (χ0v) is 49.0. The summed E-state index contributed by atoms with van der Waals surface area (Å²) in [7, 11) is -5.71. The summed E-state index contributed by atoms with van der Waals surface area (Å²) in [4.78, 5) is 0. The summed E-state index contributed by atoms with van der Waals surface area (Å²) < 4.78 is 3.07. The molecule has 0 unspecified atom stereocenters. The Hall–Kier alpha value is 2.90. The van der Waals surface area contributed by atoms with Crippen molar-refractivity contribution in [1.82, 2.24) is 0 Å². The fraction of sp³-hybridized carbons (Fsp3) is 0.824. The standard InChI is InChI=1S/C34H78GeS4Si8/c1-40(2,3)31(41(4,5)6)27-25-28(32(42(7,8)9)43(10,11)12)30(29(26-27)33(44(13,14)15)45(16,17)18)35(36-38-39-37-35)34(46(19,20)21)47(22,23)24/h25-26,31-34H,1-24H3. The molecule has 1 heterocycles. The number of rotatable bonds is 13. The number of benzene rings is 1. The van der Waals surface area contributed by atoms with Crippen LogP contribution in [0, 0.1) is 0 Å². The van der Waals surface area contributed by atoms with Crippen molar-refractivity contribution >= 4 is 118 Å². The SMILES string of the molecule is C[Si](C)(C)C(c1cc(C([Si](C)(C)C)[Si](C)(C)C)[c]([Ge]2([CH]([Si](C)(C)C)[Si](C)(C)C)[S]SS[S]2)c(C([Si](C)(C)C)[Si](C)(C)C)c1)[Si](C)(C)C. The van der Waals surface area contributed by atoms with Crippen molar-refractivity contribution in [2.45, 2.75) is 177 Å². The average molecular weight is 913 g/mol. The van der Waals surface area contributed by atoms with Crippen LogP contribution in [0.4, 0.5) is 0 Å². The molecule has 0 amide bonds. The molecular formula is C34H78GeS4Si8. The van der Waals surface area contributed by atoms with Gasteiger partial charge in [-0.25, -0.2) is 0 Å². The van der Waals surface area contributed by atoms with Crippen LogP contribution in [0.5, 0.6) is 0 Å². The summed E-state index contributed by atoms with van der Waals surface area (Å²) in [5.74, 6) is 0. The summed E-state index contributed by atoms with van der Waals surface area (Å²) in [6.45, 7) is 65.9. The van der Waals surface area contributed by atoms with Crippen molar-refractivity contribution in [2.24, 2.45) is 0 Å². The summed E-state index contributed by atoms with van der Waals surface area (Å²) in [5.41, 5.74) is 5.73. The Morgan fingerprint density at radius 2 is 0.638 bits per heavy atom. The molecular weight excluding hydrogens is 834 g/mol. The van der Waals surface area contributed by atoms with E-state index in [2.05, 4.69) is 212 Å². The summed E-state index contributed by atoms with van der Waals surface area (Å²) in [6, 6.07) is 6.03. The van der Waals surface area contributed by atoms with Gasteiger partial charge in [0.1, 0.15) is 0 Å². The fourth-order valence-corrected chi connectivity index (χ4v) is 164. The molecule has 274 valence electrons. The molecule has 0 radical (unpaired) electrons. The Balaban J connectivity index is 3.61. The van der Waals surface area contributed by atoms with Gasteiger partial charge in [0, 0.05) is 0 Å². The van der Waals surface area contributed by atoms with Gasteiger partial charge in [0.25, 0.3) is 0 Å². The summed E-state index contributed by atoms with van der Waals surface area (Å²) in [5, 5.41) is 2.37. The van der Waals surface area contributed by atoms with Crippen molar-refractivity contribution in [1.29, 1.82) is 0 Å². The maximum absolute atomic E-state index is 3.01. The zero-order valence-electron chi connectivity index (χ0n) is 35.6. The molecule has 1 aromatic rings. The molecule has 1 fully saturated rings. The van der Waals surface area contributed by atoms with Crippen LogP contribution < -0.4 is 4.40 Å². The van der Waals surface area contributed by atoms with Crippen LogP contribution in [-0.4, -0.2) is 75.6 Å². The van der Waals surface area contributed by atoms with Crippen LogP contribution in [0.15, 0.2) is 12.1 Å². The molecule has 0 spiro atoms. The third-order valence-corrected chi connectivity index (χ3v) is 105. The van der Waals surface area contributed by atoms with Crippen LogP contribution in [0.3, 0.4) is 0 Å². The van der Waals surface area contributed by atoms with Crippen molar-refractivity contribution in [2.75, 3.05) is 0 Å². The normalized spacial score (nSPS) is 18.0. The molecule has 0 bridgehead atoms. The van der Waals surface area contributed by atoms with Gasteiger partial charge in [-0.05, 0) is 0 Å². The van der Waals surface area contributed by atoms with E-state index >= 15 is 0 Å². The Bertz CT molecular complexity index is 1140. The molecule has 0 N–H and O–H groups in total. The second kappa shape index (κ2) is 14.9. The summed E-state index contributed by atoms with van der Waals surface area (Å²) >= 11 is 0. The fourth-order valence-electron chi connectivity index (χ4n) is 11.4. The maximum atomic E-state index is 3.01. The average Bonchev–Trinajstić information content (AvgIpc) is 3.13. The Kier molecular flexibility index (Phi) is 14.6. The molecule has 0 saturated carbocycles. The van der Waals surface area contributed by atoms with E-state index < -0.39 is 75.6 Å². The minimum absolute atomic E-state index is 0.787. The first-order valence-corrected chi connectivity index (χ1v) is 59.1. The number of hydrogen-bond acceptors (Lipinski definition) is 4. The molecule has 47 heavy (non-hydrogen) atoms. The van der Waals surface area contributed by atoms with Crippen LogP contribution in [0.1, 0.15) is 32.2 Å². The Morgan fingerprint density at radius 3 is 0.851 bits per heavy atom. The molecule has 0 nitrogen and oxygen atoms in total. The third-order valence-electron chi connectivity index (χ3n) is 10.2. The number of hydrogen-bond donors (Lipinski definition) is 0. The van der Waals surface area contributed by atoms with Gasteiger partial charge in [-0.3, -0.25) is 0 Å². The van der Waals surface area contributed by atoms with Gasteiger partial charge >= 0.3 is 323 Å². The predicted octanol–water partition coefficient (Wildman–Crippen LogP) is 14.7. The van der Waals surface area contributed by atoms with E-state index in [0.717, 1.165) is 19.5 Å².